The summed E-state index contributed by atoms with van der Waals surface area (Å²) in [5.74, 6) is -0.789. The van der Waals surface area contributed by atoms with E-state index in [1.54, 1.807) is 80.6 Å². The van der Waals surface area contributed by atoms with Crippen molar-refractivity contribution in [2.24, 2.45) is 0 Å². The van der Waals surface area contributed by atoms with Gasteiger partial charge in [-0.15, -0.1) is 23.1 Å². The van der Waals surface area contributed by atoms with Crippen LogP contribution in [0.25, 0.3) is 6.08 Å². The number of amides is 3. The van der Waals surface area contributed by atoms with E-state index in [2.05, 4.69) is 28.1 Å². The first-order valence-electron chi connectivity index (χ1n) is 17.7. The van der Waals surface area contributed by atoms with Gasteiger partial charge in [-0.1, -0.05) is 72.8 Å². The molecule has 5 aromatic rings. The molecule has 11 heteroatoms. The van der Waals surface area contributed by atoms with Gasteiger partial charge in [0.05, 0.1) is 24.5 Å². The summed E-state index contributed by atoms with van der Waals surface area (Å²) in [5.41, 5.74) is 4.18. The Bertz CT molecular complexity index is 2170. The average molecular weight is 760 g/mol. The van der Waals surface area contributed by atoms with Gasteiger partial charge in [0, 0.05) is 26.6 Å². The Balaban J connectivity index is 1.16. The highest BCUT2D eigenvalue weighted by atomic mass is 32.2. The summed E-state index contributed by atoms with van der Waals surface area (Å²) >= 11 is 2.77. The van der Waals surface area contributed by atoms with Crippen LogP contribution in [0, 0.1) is 0 Å². The van der Waals surface area contributed by atoms with Gasteiger partial charge in [0.2, 0.25) is 5.91 Å². The molecule has 2 unspecified atom stereocenters. The highest BCUT2D eigenvalue weighted by molar-refractivity contribution is 8.00. The minimum Gasteiger partial charge on any atom is -0.496 e. The number of hydrogen-bond donors (Lipinski definition) is 3. The van der Waals surface area contributed by atoms with Crippen LogP contribution < -0.4 is 20.7 Å². The molecule has 2 atom stereocenters. The van der Waals surface area contributed by atoms with Gasteiger partial charge in [-0.05, 0) is 92.6 Å². The van der Waals surface area contributed by atoms with Crippen molar-refractivity contribution in [2.45, 2.75) is 49.2 Å². The van der Waals surface area contributed by atoms with Gasteiger partial charge in [-0.2, -0.15) is 0 Å². The predicted molar refractivity (Wildman–Crippen MR) is 215 cm³/mol. The maximum Gasteiger partial charge on any atom is 0.341 e. The maximum absolute atomic E-state index is 13.7. The number of para-hydroxylation sites is 1. The molecule has 0 bridgehead atoms. The number of carbonyl (C=O) groups excluding carboxylic acids is 4. The molecule has 54 heavy (non-hydrogen) atoms. The van der Waals surface area contributed by atoms with E-state index in [1.165, 1.54) is 35.8 Å². The van der Waals surface area contributed by atoms with Crippen molar-refractivity contribution in [2.75, 3.05) is 24.4 Å². The largest absolute Gasteiger partial charge is 0.496 e. The standard InChI is InChI=1S/C43H41N3O6S2/c1-4-52-43(50)38-34-23-22-30(28-14-7-5-8-15-28)25-37(34)54-42(38)46-39(47)27(2)53-33-20-13-19-32(26-33)44-41(49)35(24-31-18-11-12-21-36(31)51-3)45-40(48)29-16-9-6-10-17-29/h5-21,24,26-27,30H,4,22-23,25H2,1-3H3,(H,44,49)(H,45,48)(H,46,47)/b35-24+. The number of thiophene rings is 1. The first-order chi connectivity index (χ1) is 26.2. The average Bonchev–Trinajstić information content (AvgIpc) is 3.55. The Labute approximate surface area is 323 Å². The third kappa shape index (κ3) is 9.28. The van der Waals surface area contributed by atoms with E-state index in [0.717, 1.165) is 34.6 Å². The molecule has 0 fully saturated rings. The molecule has 0 aliphatic heterocycles. The molecule has 276 valence electrons. The molecule has 3 N–H and O–H groups in total. The van der Waals surface area contributed by atoms with Gasteiger partial charge in [0.1, 0.15) is 16.4 Å². The molecule has 9 nitrogen and oxygen atoms in total. The van der Waals surface area contributed by atoms with Crippen molar-refractivity contribution < 1.29 is 28.7 Å². The van der Waals surface area contributed by atoms with Crippen LogP contribution in [0.15, 0.2) is 120 Å². The second-order valence-corrected chi connectivity index (χ2v) is 15.1. The van der Waals surface area contributed by atoms with Gasteiger partial charge in [0.25, 0.3) is 11.8 Å². The Hall–Kier alpha value is -5.65. The number of esters is 1. The lowest BCUT2D eigenvalue weighted by Crippen LogP contribution is -2.30. The summed E-state index contributed by atoms with van der Waals surface area (Å²) in [6, 6.07) is 33.3. The monoisotopic (exact) mass is 759 g/mol. The fraction of sp³-hybridized carbons (Fsp3) is 0.209. The van der Waals surface area contributed by atoms with Gasteiger partial charge in [-0.3, -0.25) is 14.4 Å². The lowest BCUT2D eigenvalue weighted by Gasteiger charge is -2.23. The summed E-state index contributed by atoms with van der Waals surface area (Å²) in [6.07, 6.45) is 3.99. The minimum atomic E-state index is -0.548. The molecule has 1 heterocycles. The second-order valence-electron chi connectivity index (χ2n) is 12.6. The fourth-order valence-corrected chi connectivity index (χ4v) is 8.55. The number of fused-ring (bicyclic) bond motifs is 1. The van der Waals surface area contributed by atoms with E-state index in [-0.39, 0.29) is 18.2 Å². The lowest BCUT2D eigenvalue weighted by molar-refractivity contribution is -0.115. The number of nitrogens with one attached hydrogen (secondary N) is 3. The molecule has 0 radical (unpaired) electrons. The van der Waals surface area contributed by atoms with Crippen LogP contribution >= 0.6 is 23.1 Å². The molecule has 0 spiro atoms. The van der Waals surface area contributed by atoms with E-state index in [4.69, 9.17) is 9.47 Å². The number of methoxy groups -OCH3 is 1. The van der Waals surface area contributed by atoms with Crippen molar-refractivity contribution in [3.63, 3.8) is 0 Å². The number of hydrogen-bond acceptors (Lipinski definition) is 8. The predicted octanol–water partition coefficient (Wildman–Crippen LogP) is 8.73. The Morgan fingerprint density at radius 3 is 2.37 bits per heavy atom. The summed E-state index contributed by atoms with van der Waals surface area (Å²) < 4.78 is 10.9. The third-order valence-corrected chi connectivity index (χ3v) is 11.3. The molecule has 3 amide bonds. The van der Waals surface area contributed by atoms with Crippen LogP contribution in [0.3, 0.4) is 0 Å². The van der Waals surface area contributed by atoms with Crippen LogP contribution in [0.1, 0.15) is 68.5 Å². The molecular formula is C43H41N3O6S2. The summed E-state index contributed by atoms with van der Waals surface area (Å²) in [5, 5.41) is 8.64. The van der Waals surface area contributed by atoms with E-state index < -0.39 is 23.0 Å². The quantitative estimate of drug-likeness (QED) is 0.0624. The summed E-state index contributed by atoms with van der Waals surface area (Å²) in [7, 11) is 1.54. The molecule has 0 saturated carbocycles. The molecule has 1 aromatic heterocycles. The zero-order valence-corrected chi connectivity index (χ0v) is 31.9. The molecule has 4 aromatic carbocycles. The van der Waals surface area contributed by atoms with Gasteiger partial charge < -0.3 is 25.4 Å². The smallest absolute Gasteiger partial charge is 0.341 e. The van der Waals surface area contributed by atoms with Crippen molar-refractivity contribution in [3.05, 3.63) is 148 Å². The van der Waals surface area contributed by atoms with E-state index in [9.17, 15) is 19.2 Å². The minimum absolute atomic E-state index is 0.0188. The van der Waals surface area contributed by atoms with Crippen molar-refractivity contribution in [1.29, 1.82) is 0 Å². The zero-order valence-electron chi connectivity index (χ0n) is 30.2. The summed E-state index contributed by atoms with van der Waals surface area (Å²) in [6.45, 7) is 3.80. The van der Waals surface area contributed by atoms with Gasteiger partial charge in [0.15, 0.2) is 0 Å². The van der Waals surface area contributed by atoms with Crippen LogP contribution in [-0.4, -0.2) is 42.7 Å². The molecule has 1 aliphatic carbocycles. The summed E-state index contributed by atoms with van der Waals surface area (Å²) in [4.78, 5) is 55.5. The Morgan fingerprint density at radius 2 is 1.63 bits per heavy atom. The first kappa shape index (κ1) is 38.1. The van der Waals surface area contributed by atoms with Crippen LogP contribution in [0.2, 0.25) is 0 Å². The van der Waals surface area contributed by atoms with Crippen LogP contribution in [0.5, 0.6) is 5.75 Å². The topological polar surface area (TPSA) is 123 Å². The maximum atomic E-state index is 13.7. The van der Waals surface area contributed by atoms with Gasteiger partial charge >= 0.3 is 5.97 Å². The molecular weight excluding hydrogens is 719 g/mol. The van der Waals surface area contributed by atoms with Crippen LogP contribution in [-0.2, 0) is 27.2 Å². The number of ether oxygens (including phenoxy) is 2. The Kier molecular flexibility index (Phi) is 12.6. The fourth-order valence-electron chi connectivity index (χ4n) is 6.30. The zero-order chi connectivity index (χ0) is 38.0. The van der Waals surface area contributed by atoms with Crippen LogP contribution in [0.4, 0.5) is 10.7 Å². The van der Waals surface area contributed by atoms with Crippen molar-refractivity contribution in [3.8, 4) is 5.75 Å². The van der Waals surface area contributed by atoms with Gasteiger partial charge in [-0.25, -0.2) is 4.79 Å². The van der Waals surface area contributed by atoms with Crippen molar-refractivity contribution >= 4 is 63.6 Å². The SMILES string of the molecule is CCOC(=O)c1c(NC(=O)C(C)Sc2cccc(NC(=O)/C(=C\c3ccccc3OC)NC(=O)c3ccccc3)c2)sc2c1CCC(c1ccccc1)C2. The number of benzene rings is 4. The normalized spacial score (nSPS) is 14.3. The highest BCUT2D eigenvalue weighted by Gasteiger charge is 2.31. The molecule has 1 aliphatic rings. The number of rotatable bonds is 13. The first-order valence-corrected chi connectivity index (χ1v) is 19.4. The van der Waals surface area contributed by atoms with E-state index in [0.29, 0.717) is 39.0 Å². The second kappa shape index (κ2) is 17.9. The molecule has 6 rings (SSSR count). The third-order valence-electron chi connectivity index (χ3n) is 8.99. The number of carbonyl (C=O) groups is 4. The highest BCUT2D eigenvalue weighted by Crippen LogP contribution is 2.43. The van der Waals surface area contributed by atoms with E-state index >= 15 is 0 Å². The Morgan fingerprint density at radius 1 is 0.907 bits per heavy atom. The lowest BCUT2D eigenvalue weighted by atomic mass is 9.83. The molecule has 0 saturated heterocycles. The van der Waals surface area contributed by atoms with E-state index in [1.807, 2.05) is 36.4 Å². The number of thioether (sulfide) groups is 1. The number of anilines is 2. The van der Waals surface area contributed by atoms with Crippen molar-refractivity contribution in [1.82, 2.24) is 5.32 Å².